The van der Waals surface area contributed by atoms with Crippen molar-refractivity contribution in [3.63, 3.8) is 0 Å². The summed E-state index contributed by atoms with van der Waals surface area (Å²) >= 11 is 0. The maximum absolute atomic E-state index is 13.0. The molecule has 1 aromatic heterocycles. The Balaban J connectivity index is 1.07. The number of aromatic nitrogens is 2. The third kappa shape index (κ3) is 4.30. The van der Waals surface area contributed by atoms with Gasteiger partial charge in [-0.1, -0.05) is 30.3 Å². The first-order valence-corrected chi connectivity index (χ1v) is 12.4. The van der Waals surface area contributed by atoms with Crippen LogP contribution in [0.4, 0.5) is 0 Å². The largest absolute Gasteiger partial charge is 0.419 e. The molecule has 9 heteroatoms. The lowest BCUT2D eigenvalue weighted by atomic mass is 9.88. The van der Waals surface area contributed by atoms with E-state index < -0.39 is 6.04 Å². The zero-order valence-electron chi connectivity index (χ0n) is 19.9. The summed E-state index contributed by atoms with van der Waals surface area (Å²) in [6.45, 7) is 2.89. The van der Waals surface area contributed by atoms with Gasteiger partial charge in [0.05, 0.1) is 6.54 Å². The zero-order chi connectivity index (χ0) is 24.6. The standard InChI is InChI=1S/C27H27N5O4/c33-23-9-8-22(25(34)28-23)32-15-20-14-19(6-7-21(20)27(32)35)17-10-12-31(13-11-17)16-24-29-30-26(36-24)18-4-2-1-3-5-18/h1-7,14,17,22H,8-13,15-16H2,(H,28,33,34). The Morgan fingerprint density at radius 3 is 2.56 bits per heavy atom. The average molecular weight is 486 g/mol. The lowest BCUT2D eigenvalue weighted by Gasteiger charge is -2.31. The Hall–Kier alpha value is -3.85. The van der Waals surface area contributed by atoms with Crippen LogP contribution in [0.2, 0.25) is 0 Å². The molecule has 9 nitrogen and oxygen atoms in total. The van der Waals surface area contributed by atoms with E-state index in [1.807, 2.05) is 36.4 Å². The molecule has 1 N–H and O–H groups in total. The van der Waals surface area contributed by atoms with Crippen molar-refractivity contribution in [2.24, 2.45) is 0 Å². The number of hydrogen-bond donors (Lipinski definition) is 1. The van der Waals surface area contributed by atoms with E-state index in [2.05, 4.69) is 32.5 Å². The summed E-state index contributed by atoms with van der Waals surface area (Å²) in [4.78, 5) is 40.7. The van der Waals surface area contributed by atoms with Gasteiger partial charge < -0.3 is 9.32 Å². The van der Waals surface area contributed by atoms with Crippen LogP contribution in [-0.2, 0) is 22.7 Å². The lowest BCUT2D eigenvalue weighted by Crippen LogP contribution is -2.52. The Kier molecular flexibility index (Phi) is 5.85. The van der Waals surface area contributed by atoms with Gasteiger partial charge in [0.25, 0.3) is 5.91 Å². The minimum atomic E-state index is -0.582. The van der Waals surface area contributed by atoms with E-state index in [-0.39, 0.29) is 24.1 Å². The second kappa shape index (κ2) is 9.31. The molecular weight excluding hydrogens is 458 g/mol. The highest BCUT2D eigenvalue weighted by Gasteiger charge is 2.39. The molecule has 0 bridgehead atoms. The number of benzene rings is 2. The topological polar surface area (TPSA) is 109 Å². The Morgan fingerprint density at radius 1 is 0.972 bits per heavy atom. The molecule has 3 amide bonds. The number of hydrogen-bond acceptors (Lipinski definition) is 7. The van der Waals surface area contributed by atoms with Crippen molar-refractivity contribution in [3.8, 4) is 11.5 Å². The maximum atomic E-state index is 13.0. The van der Waals surface area contributed by atoms with Crippen molar-refractivity contribution in [1.82, 2.24) is 25.3 Å². The summed E-state index contributed by atoms with van der Waals surface area (Å²) in [5, 5.41) is 10.8. The van der Waals surface area contributed by atoms with Crippen LogP contribution in [0, 0.1) is 0 Å². The van der Waals surface area contributed by atoms with Crippen LogP contribution in [0.1, 0.15) is 59.0 Å². The van der Waals surface area contributed by atoms with Crippen LogP contribution >= 0.6 is 0 Å². The van der Waals surface area contributed by atoms with Gasteiger partial charge >= 0.3 is 0 Å². The van der Waals surface area contributed by atoms with Gasteiger partial charge in [-0.25, -0.2) is 0 Å². The van der Waals surface area contributed by atoms with Gasteiger partial charge in [-0.3, -0.25) is 24.6 Å². The number of piperidine rings is 2. The first-order valence-electron chi connectivity index (χ1n) is 12.4. The van der Waals surface area contributed by atoms with E-state index in [1.165, 1.54) is 5.56 Å². The van der Waals surface area contributed by atoms with Crippen LogP contribution in [0.15, 0.2) is 52.9 Å². The zero-order valence-corrected chi connectivity index (χ0v) is 19.9. The fourth-order valence-corrected chi connectivity index (χ4v) is 5.48. The number of nitrogens with one attached hydrogen (secondary N) is 1. The van der Waals surface area contributed by atoms with E-state index in [1.54, 1.807) is 4.90 Å². The van der Waals surface area contributed by atoms with E-state index in [0.29, 0.717) is 42.8 Å². The van der Waals surface area contributed by atoms with Crippen molar-refractivity contribution >= 4 is 17.7 Å². The first-order chi connectivity index (χ1) is 17.5. The molecule has 0 saturated carbocycles. The third-order valence-corrected chi connectivity index (χ3v) is 7.45. The van der Waals surface area contributed by atoms with Crippen LogP contribution in [-0.4, -0.2) is 56.9 Å². The number of imide groups is 1. The number of rotatable bonds is 5. The summed E-state index contributed by atoms with van der Waals surface area (Å²) in [7, 11) is 0. The number of carbonyl (C=O) groups excluding carboxylic acids is 3. The molecule has 184 valence electrons. The van der Waals surface area contributed by atoms with E-state index in [4.69, 9.17) is 4.42 Å². The van der Waals surface area contributed by atoms with Crippen molar-refractivity contribution in [2.75, 3.05) is 13.1 Å². The molecule has 0 radical (unpaired) electrons. The predicted octanol–water partition coefficient (Wildman–Crippen LogP) is 2.88. The number of carbonyl (C=O) groups is 3. The minimum Gasteiger partial charge on any atom is -0.419 e. The first kappa shape index (κ1) is 22.6. The smallest absolute Gasteiger partial charge is 0.255 e. The molecule has 2 aromatic carbocycles. The van der Waals surface area contributed by atoms with Crippen LogP contribution in [0.5, 0.6) is 0 Å². The quantitative estimate of drug-likeness (QED) is 0.554. The number of likely N-dealkylation sites (tertiary alicyclic amines) is 1. The molecule has 2 fully saturated rings. The van der Waals surface area contributed by atoms with E-state index >= 15 is 0 Å². The molecule has 36 heavy (non-hydrogen) atoms. The summed E-state index contributed by atoms with van der Waals surface area (Å²) in [6.07, 6.45) is 2.65. The predicted molar refractivity (Wildman–Crippen MR) is 129 cm³/mol. The van der Waals surface area contributed by atoms with Gasteiger partial charge in [0, 0.05) is 24.1 Å². The summed E-state index contributed by atoms with van der Waals surface area (Å²) in [5.74, 6) is 0.794. The SMILES string of the molecule is O=C1CCC(N2Cc3cc(C4CCN(Cc5nnc(-c6ccccc6)o5)CC4)ccc3C2=O)C(=O)N1. The van der Waals surface area contributed by atoms with Crippen LogP contribution in [0.3, 0.4) is 0 Å². The highest BCUT2D eigenvalue weighted by Crippen LogP contribution is 2.34. The average Bonchev–Trinajstić information content (AvgIpc) is 3.49. The second-order valence-electron chi connectivity index (χ2n) is 9.73. The summed E-state index contributed by atoms with van der Waals surface area (Å²) in [5.41, 5.74) is 3.77. The van der Waals surface area contributed by atoms with Gasteiger partial charge in [0.1, 0.15) is 6.04 Å². The highest BCUT2D eigenvalue weighted by atomic mass is 16.4. The maximum Gasteiger partial charge on any atom is 0.255 e. The van der Waals surface area contributed by atoms with Gasteiger partial charge in [-0.05, 0) is 67.6 Å². The fourth-order valence-electron chi connectivity index (χ4n) is 5.48. The molecule has 2 saturated heterocycles. The number of amides is 3. The minimum absolute atomic E-state index is 0.129. The number of nitrogens with zero attached hydrogens (tertiary/aromatic N) is 4. The molecule has 3 aliphatic rings. The van der Waals surface area contributed by atoms with Gasteiger partial charge in [0.2, 0.25) is 23.6 Å². The van der Waals surface area contributed by atoms with E-state index in [9.17, 15) is 14.4 Å². The fraction of sp³-hybridized carbons (Fsp3) is 0.370. The van der Waals surface area contributed by atoms with Gasteiger partial charge in [-0.15, -0.1) is 10.2 Å². The van der Waals surface area contributed by atoms with Crippen molar-refractivity contribution in [1.29, 1.82) is 0 Å². The Bertz CT molecular complexity index is 1310. The van der Waals surface area contributed by atoms with Gasteiger partial charge in [-0.2, -0.15) is 0 Å². The molecule has 0 aliphatic carbocycles. The molecule has 6 rings (SSSR count). The lowest BCUT2D eigenvalue weighted by molar-refractivity contribution is -0.136. The monoisotopic (exact) mass is 485 g/mol. The van der Waals surface area contributed by atoms with Crippen molar-refractivity contribution < 1.29 is 18.8 Å². The van der Waals surface area contributed by atoms with Crippen LogP contribution in [0.25, 0.3) is 11.5 Å². The molecule has 0 spiro atoms. The normalized spacial score (nSPS) is 21.1. The molecule has 3 aromatic rings. The van der Waals surface area contributed by atoms with Crippen LogP contribution < -0.4 is 5.32 Å². The Labute approximate surface area is 208 Å². The molecule has 4 heterocycles. The van der Waals surface area contributed by atoms with Gasteiger partial charge in [0.15, 0.2) is 0 Å². The molecule has 1 atom stereocenters. The molecular formula is C27H27N5O4. The number of fused-ring (bicyclic) bond motifs is 1. The summed E-state index contributed by atoms with van der Waals surface area (Å²) in [6, 6.07) is 15.3. The second-order valence-corrected chi connectivity index (χ2v) is 9.73. The highest BCUT2D eigenvalue weighted by molar-refractivity contribution is 6.05. The Morgan fingerprint density at radius 2 is 1.78 bits per heavy atom. The molecule has 1 unspecified atom stereocenters. The summed E-state index contributed by atoms with van der Waals surface area (Å²) < 4.78 is 5.87. The molecule has 3 aliphatic heterocycles. The van der Waals surface area contributed by atoms with Crippen molar-refractivity contribution in [2.45, 2.75) is 50.7 Å². The van der Waals surface area contributed by atoms with Crippen molar-refractivity contribution in [3.05, 3.63) is 71.1 Å². The van der Waals surface area contributed by atoms with E-state index in [0.717, 1.165) is 37.1 Å². The third-order valence-electron chi connectivity index (χ3n) is 7.45.